The van der Waals surface area contributed by atoms with Gasteiger partial charge in [-0.3, -0.25) is 33.6 Å². The van der Waals surface area contributed by atoms with Crippen molar-refractivity contribution in [2.24, 2.45) is 17.8 Å². The minimum absolute atomic E-state index is 0.000972. The van der Waals surface area contributed by atoms with Crippen LogP contribution in [0.2, 0.25) is 0 Å². The van der Waals surface area contributed by atoms with Crippen molar-refractivity contribution in [3.05, 3.63) is 54.1 Å². The number of nitrogens with zero attached hydrogens (tertiary/aromatic N) is 2. The van der Waals surface area contributed by atoms with Crippen molar-refractivity contribution in [3.8, 4) is 5.75 Å². The van der Waals surface area contributed by atoms with Crippen LogP contribution in [0.5, 0.6) is 5.75 Å². The van der Waals surface area contributed by atoms with Gasteiger partial charge in [-0.05, 0) is 48.3 Å². The molecular weight excluding hydrogens is 935 g/mol. The lowest BCUT2D eigenvalue weighted by Gasteiger charge is -2.36. The maximum Gasteiger partial charge on any atom is 0.329 e. The standard InChI is InChI=1S/C51H81N7O14/c1-10-11-12-13-14-15-16-17-41(64)53-36(27-59)39(62)25-42(65)56-46(31(4)5)49(69)54-37(28-60)40(63)26-43(66)55-45(30(2)3)48(68)52-34-20-23-44(67)58(9)47(32(6)7)50(70)57(8)38(51(71)72-29-34)24-33-18-21-35(61)22-19-33/h15-16,18-23,30-32,34,36-40,45-47,59-63H,10-14,17,24-29H2,1-9H3,(H,52,68)(H,53,64)(H,54,69)(H,55,66)(H,56,65). The van der Waals surface area contributed by atoms with Gasteiger partial charge in [0.2, 0.25) is 41.4 Å². The van der Waals surface area contributed by atoms with Crippen molar-refractivity contribution >= 4 is 47.3 Å². The molecule has 0 saturated heterocycles. The molecule has 0 bridgehead atoms. The lowest BCUT2D eigenvalue weighted by molar-refractivity contribution is -0.157. The van der Waals surface area contributed by atoms with Crippen molar-refractivity contribution < 1.29 is 68.6 Å². The Balaban J connectivity index is 2.14. The van der Waals surface area contributed by atoms with E-state index in [1.54, 1.807) is 59.8 Å². The number of allylic oxidation sites excluding steroid dienone is 1. The summed E-state index contributed by atoms with van der Waals surface area (Å²) in [4.78, 5) is 110. The Bertz CT molecular complexity index is 1990. The topological polar surface area (TPSA) is 314 Å². The number of cyclic esters (lactones) is 1. The van der Waals surface area contributed by atoms with Gasteiger partial charge in [0.1, 0.15) is 36.5 Å². The molecule has 0 spiro atoms. The Labute approximate surface area is 423 Å². The van der Waals surface area contributed by atoms with Gasteiger partial charge in [-0.2, -0.15) is 0 Å². The second-order valence-corrected chi connectivity index (χ2v) is 19.4. The number of hydrogen-bond donors (Lipinski definition) is 10. The molecule has 7 amide bonds. The number of phenols is 1. The number of nitrogens with one attached hydrogen (secondary N) is 5. The largest absolute Gasteiger partial charge is 0.508 e. The zero-order valence-corrected chi connectivity index (χ0v) is 43.3. The molecule has 0 radical (unpaired) electrons. The van der Waals surface area contributed by atoms with Gasteiger partial charge in [-0.15, -0.1) is 0 Å². The highest BCUT2D eigenvalue weighted by Gasteiger charge is 2.38. The summed E-state index contributed by atoms with van der Waals surface area (Å²) in [5, 5.41) is 64.3. The molecule has 0 aromatic heterocycles. The molecule has 1 aliphatic rings. The number of ether oxygens (including phenoxy) is 1. The van der Waals surface area contributed by atoms with Crippen molar-refractivity contribution in [1.29, 1.82) is 0 Å². The number of amides is 7. The summed E-state index contributed by atoms with van der Waals surface area (Å²) in [5.74, 6) is -7.07. The van der Waals surface area contributed by atoms with Crippen LogP contribution in [0.25, 0.3) is 0 Å². The highest BCUT2D eigenvalue weighted by molar-refractivity contribution is 5.95. The van der Waals surface area contributed by atoms with Crippen LogP contribution in [0, 0.1) is 17.8 Å². The first kappa shape index (κ1) is 62.2. The summed E-state index contributed by atoms with van der Waals surface area (Å²) < 4.78 is 5.67. The zero-order valence-electron chi connectivity index (χ0n) is 43.3. The SMILES string of the molecule is CCCCCCC=CCC(=O)NC(CO)C(O)CC(=O)NC(C(=O)NC(CO)C(O)CC(=O)NC(C(=O)NC1C=CC(=O)N(C)C(C(C)C)C(=O)N(C)C(Cc2ccc(O)cc2)C(=O)OC1)C(C)C)C(C)C. The summed E-state index contributed by atoms with van der Waals surface area (Å²) in [6.07, 6.45) is 6.70. The number of carbonyl (C=O) groups excluding carboxylic acids is 8. The molecule has 0 fully saturated rings. The average molecular weight is 1020 g/mol. The molecule has 404 valence electrons. The minimum Gasteiger partial charge on any atom is -0.508 e. The summed E-state index contributed by atoms with van der Waals surface area (Å²) in [6, 6.07) is -2.29. The van der Waals surface area contributed by atoms with Crippen LogP contribution < -0.4 is 26.6 Å². The quantitative estimate of drug-likeness (QED) is 0.0326. The highest BCUT2D eigenvalue weighted by Crippen LogP contribution is 2.20. The van der Waals surface area contributed by atoms with Gasteiger partial charge in [0.25, 0.3) is 0 Å². The van der Waals surface area contributed by atoms with E-state index in [9.17, 15) is 63.9 Å². The van der Waals surface area contributed by atoms with Crippen LogP contribution in [0.15, 0.2) is 48.6 Å². The number of hydrogen-bond acceptors (Lipinski definition) is 14. The molecule has 2 rings (SSSR count). The normalized spacial score (nSPS) is 19.4. The maximum atomic E-state index is 13.9. The summed E-state index contributed by atoms with van der Waals surface area (Å²) in [5.41, 5.74) is 0.603. The predicted octanol–water partition coefficient (Wildman–Crippen LogP) is 0.497. The molecule has 1 aromatic rings. The third kappa shape index (κ3) is 20.7. The van der Waals surface area contributed by atoms with Crippen molar-refractivity contribution in [1.82, 2.24) is 36.4 Å². The Morgan fingerprint density at radius 2 is 1.29 bits per heavy atom. The summed E-state index contributed by atoms with van der Waals surface area (Å²) >= 11 is 0. The molecule has 21 nitrogen and oxygen atoms in total. The van der Waals surface area contributed by atoms with E-state index in [1.807, 2.05) is 6.08 Å². The number of esters is 1. The second kappa shape index (κ2) is 31.5. The molecule has 0 aliphatic carbocycles. The fourth-order valence-electron chi connectivity index (χ4n) is 7.89. The zero-order chi connectivity index (χ0) is 54.2. The van der Waals surface area contributed by atoms with Gasteiger partial charge in [0.15, 0.2) is 0 Å². The number of likely N-dealkylation sites (N-methyl/N-ethyl adjacent to an activating group) is 2. The van der Waals surface area contributed by atoms with E-state index in [1.165, 1.54) is 42.1 Å². The highest BCUT2D eigenvalue weighted by atomic mass is 16.5. The van der Waals surface area contributed by atoms with Crippen molar-refractivity contribution in [2.75, 3.05) is 33.9 Å². The first-order valence-corrected chi connectivity index (χ1v) is 24.8. The van der Waals surface area contributed by atoms with Crippen molar-refractivity contribution in [3.63, 3.8) is 0 Å². The summed E-state index contributed by atoms with van der Waals surface area (Å²) in [7, 11) is 2.88. The van der Waals surface area contributed by atoms with Crippen LogP contribution in [0.1, 0.15) is 105 Å². The van der Waals surface area contributed by atoms with Gasteiger partial charge in [-0.25, -0.2) is 4.79 Å². The first-order chi connectivity index (χ1) is 33.9. The Morgan fingerprint density at radius 3 is 1.82 bits per heavy atom. The molecule has 1 heterocycles. The first-order valence-electron chi connectivity index (χ1n) is 24.8. The fourth-order valence-corrected chi connectivity index (χ4v) is 7.89. The van der Waals surface area contributed by atoms with E-state index in [-0.39, 0.29) is 24.5 Å². The number of benzene rings is 1. The molecule has 1 aromatic carbocycles. The molecule has 21 heteroatoms. The van der Waals surface area contributed by atoms with Gasteiger partial charge in [0, 0.05) is 33.0 Å². The molecule has 1 aliphatic heterocycles. The third-order valence-corrected chi connectivity index (χ3v) is 12.3. The maximum absolute atomic E-state index is 13.9. The number of carbonyl (C=O) groups is 8. The van der Waals surface area contributed by atoms with Gasteiger partial charge < -0.3 is 66.7 Å². The second-order valence-electron chi connectivity index (χ2n) is 19.4. The molecule has 10 N–H and O–H groups in total. The molecular formula is C51H81N7O14. The third-order valence-electron chi connectivity index (χ3n) is 12.3. The molecule has 0 saturated carbocycles. The van der Waals surface area contributed by atoms with Crippen LogP contribution >= 0.6 is 0 Å². The van der Waals surface area contributed by atoms with Crippen LogP contribution in [0.3, 0.4) is 0 Å². The number of rotatable bonds is 27. The molecule has 9 unspecified atom stereocenters. The smallest absolute Gasteiger partial charge is 0.329 e. The number of aliphatic hydroxyl groups excluding tert-OH is 4. The number of aromatic hydroxyl groups is 1. The Morgan fingerprint density at radius 1 is 0.736 bits per heavy atom. The van der Waals surface area contributed by atoms with E-state index in [0.29, 0.717) is 5.56 Å². The van der Waals surface area contributed by atoms with Gasteiger partial charge >= 0.3 is 5.97 Å². The van der Waals surface area contributed by atoms with Gasteiger partial charge in [-0.1, -0.05) is 98.1 Å². The Hall–Kier alpha value is -5.90. The minimum atomic E-state index is -1.70. The van der Waals surface area contributed by atoms with E-state index < -0.39 is 146 Å². The van der Waals surface area contributed by atoms with E-state index in [4.69, 9.17) is 4.74 Å². The number of unbranched alkanes of at least 4 members (excludes halogenated alkanes) is 4. The fraction of sp³-hybridized carbons (Fsp3) is 0.647. The molecule has 9 atom stereocenters. The van der Waals surface area contributed by atoms with Gasteiger partial charge in [0.05, 0.1) is 56.4 Å². The monoisotopic (exact) mass is 1020 g/mol. The lowest BCUT2D eigenvalue weighted by atomic mass is 9.98. The molecule has 72 heavy (non-hydrogen) atoms. The number of aliphatic hydroxyl groups is 4. The Kier molecular flexibility index (Phi) is 27.2. The van der Waals surface area contributed by atoms with Crippen molar-refractivity contribution in [2.45, 2.75) is 161 Å². The van der Waals surface area contributed by atoms with E-state index >= 15 is 0 Å². The van der Waals surface area contributed by atoms with Crippen LogP contribution in [-0.2, 0) is 49.5 Å². The predicted molar refractivity (Wildman–Crippen MR) is 267 cm³/mol. The van der Waals surface area contributed by atoms with E-state index in [0.717, 1.165) is 38.2 Å². The number of phenolic OH excluding ortho intramolecular Hbond substituents is 1. The van der Waals surface area contributed by atoms with Crippen LogP contribution in [-0.4, -0.2) is 171 Å². The van der Waals surface area contributed by atoms with E-state index in [2.05, 4.69) is 33.5 Å². The van der Waals surface area contributed by atoms with Crippen LogP contribution in [0.4, 0.5) is 0 Å². The summed E-state index contributed by atoms with van der Waals surface area (Å²) in [6.45, 7) is 10.1. The average Bonchev–Trinajstić information content (AvgIpc) is 3.32. The lowest BCUT2D eigenvalue weighted by Crippen LogP contribution is -2.57.